The molecule has 0 bridgehead atoms. The fraction of sp³-hybridized carbons (Fsp3) is 1.00. The van der Waals surface area contributed by atoms with Crippen molar-refractivity contribution in [1.82, 2.24) is 10.6 Å². The van der Waals surface area contributed by atoms with Gasteiger partial charge >= 0.3 is 0 Å². The lowest BCUT2D eigenvalue weighted by Gasteiger charge is -2.33. The highest BCUT2D eigenvalue weighted by Gasteiger charge is 2.43. The molecule has 2 aliphatic heterocycles. The number of halogens is 1. The lowest BCUT2D eigenvalue weighted by Crippen LogP contribution is -2.39. The summed E-state index contributed by atoms with van der Waals surface area (Å²) in [6.45, 7) is 5.30. The van der Waals surface area contributed by atoms with Crippen LogP contribution in [0.3, 0.4) is 0 Å². The van der Waals surface area contributed by atoms with E-state index in [1.807, 2.05) is 0 Å². The summed E-state index contributed by atoms with van der Waals surface area (Å²) < 4.78 is 14.0. The molecule has 0 amide bonds. The lowest BCUT2D eigenvalue weighted by molar-refractivity contribution is 0.0936. The second kappa shape index (κ2) is 3.54. The van der Waals surface area contributed by atoms with Gasteiger partial charge in [-0.1, -0.05) is 0 Å². The number of hydrogen-bond acceptors (Lipinski definition) is 2. The van der Waals surface area contributed by atoms with Crippen molar-refractivity contribution in [2.75, 3.05) is 26.2 Å². The Morgan fingerprint density at radius 2 is 1.92 bits per heavy atom. The first kappa shape index (κ1) is 9.41. The van der Waals surface area contributed by atoms with E-state index in [9.17, 15) is 4.39 Å². The van der Waals surface area contributed by atoms with E-state index in [0.29, 0.717) is 12.5 Å². The monoisotopic (exact) mass is 186 g/mol. The van der Waals surface area contributed by atoms with Crippen LogP contribution in [0.2, 0.25) is 0 Å². The average molecular weight is 186 g/mol. The van der Waals surface area contributed by atoms with E-state index in [1.54, 1.807) is 6.92 Å². The van der Waals surface area contributed by atoms with Gasteiger partial charge in [0.25, 0.3) is 0 Å². The topological polar surface area (TPSA) is 24.1 Å². The highest BCUT2D eigenvalue weighted by Crippen LogP contribution is 2.35. The van der Waals surface area contributed by atoms with Crippen molar-refractivity contribution in [3.05, 3.63) is 0 Å². The molecule has 3 heteroatoms. The Bertz CT molecular complexity index is 176. The molecule has 2 nitrogen and oxygen atoms in total. The van der Waals surface area contributed by atoms with Gasteiger partial charge in [-0.2, -0.15) is 0 Å². The molecule has 2 atom stereocenters. The summed E-state index contributed by atoms with van der Waals surface area (Å²) in [6, 6.07) is 0. The Balaban J connectivity index is 1.98. The van der Waals surface area contributed by atoms with Crippen molar-refractivity contribution in [1.29, 1.82) is 0 Å². The fourth-order valence-corrected chi connectivity index (χ4v) is 2.72. The summed E-state index contributed by atoms with van der Waals surface area (Å²) in [4.78, 5) is 0. The number of alkyl halides is 1. The molecule has 0 aromatic rings. The first-order valence-electron chi connectivity index (χ1n) is 5.30. The van der Waals surface area contributed by atoms with Gasteiger partial charge in [-0.25, -0.2) is 4.39 Å². The molecule has 2 N–H and O–H groups in total. The summed E-state index contributed by atoms with van der Waals surface area (Å²) in [5.41, 5.74) is -0.970. The lowest BCUT2D eigenvalue weighted by atomic mass is 9.78. The largest absolute Gasteiger partial charge is 0.317 e. The minimum atomic E-state index is -0.970. The van der Waals surface area contributed by atoms with Crippen LogP contribution >= 0.6 is 0 Å². The quantitative estimate of drug-likeness (QED) is 0.636. The molecule has 2 fully saturated rings. The van der Waals surface area contributed by atoms with E-state index in [0.717, 1.165) is 32.5 Å². The van der Waals surface area contributed by atoms with Crippen LogP contribution in [0.1, 0.15) is 19.8 Å². The summed E-state index contributed by atoms with van der Waals surface area (Å²) in [5.74, 6) is 0.834. The van der Waals surface area contributed by atoms with E-state index in [2.05, 4.69) is 10.6 Å². The zero-order chi connectivity index (χ0) is 9.31. The van der Waals surface area contributed by atoms with Crippen LogP contribution in [0.5, 0.6) is 0 Å². The third-order valence-corrected chi connectivity index (χ3v) is 3.56. The molecule has 13 heavy (non-hydrogen) atoms. The van der Waals surface area contributed by atoms with Gasteiger partial charge in [-0.05, 0) is 38.8 Å². The van der Waals surface area contributed by atoms with Crippen molar-refractivity contribution in [2.45, 2.75) is 25.4 Å². The van der Waals surface area contributed by atoms with Gasteiger partial charge in [-0.15, -0.1) is 0 Å². The van der Waals surface area contributed by atoms with E-state index in [1.165, 1.54) is 0 Å². The van der Waals surface area contributed by atoms with Crippen LogP contribution in [-0.2, 0) is 0 Å². The third kappa shape index (κ3) is 1.86. The van der Waals surface area contributed by atoms with Gasteiger partial charge in [0.2, 0.25) is 0 Å². The summed E-state index contributed by atoms with van der Waals surface area (Å²) in [7, 11) is 0. The molecule has 2 heterocycles. The normalized spacial score (nSPS) is 42.5. The molecule has 2 aliphatic rings. The van der Waals surface area contributed by atoms with Gasteiger partial charge in [0.1, 0.15) is 5.67 Å². The van der Waals surface area contributed by atoms with Crippen LogP contribution in [0, 0.1) is 11.8 Å². The predicted octanol–water partition coefficient (Wildman–Crippen LogP) is 0.934. The third-order valence-electron chi connectivity index (χ3n) is 3.56. The fourth-order valence-electron chi connectivity index (χ4n) is 2.72. The van der Waals surface area contributed by atoms with Crippen molar-refractivity contribution in [3.63, 3.8) is 0 Å². The van der Waals surface area contributed by atoms with Crippen LogP contribution in [-0.4, -0.2) is 31.8 Å². The van der Waals surface area contributed by atoms with Crippen molar-refractivity contribution in [2.24, 2.45) is 11.8 Å². The maximum Gasteiger partial charge on any atom is 0.124 e. The van der Waals surface area contributed by atoms with E-state index >= 15 is 0 Å². The minimum Gasteiger partial charge on any atom is -0.317 e. The van der Waals surface area contributed by atoms with E-state index in [4.69, 9.17) is 0 Å². The summed E-state index contributed by atoms with van der Waals surface area (Å²) in [6.07, 6.45) is 2.29. The molecule has 2 saturated heterocycles. The smallest absolute Gasteiger partial charge is 0.124 e. The molecule has 0 aromatic carbocycles. The minimum absolute atomic E-state index is 0.245. The molecule has 0 spiro atoms. The standard InChI is InChI=1S/C10H19FN2/c1-10(11)7-13-6-9(10)8-2-4-12-5-3-8/h8-9,12-13H,2-7H2,1H3. The van der Waals surface area contributed by atoms with E-state index < -0.39 is 5.67 Å². The maximum absolute atomic E-state index is 14.0. The zero-order valence-electron chi connectivity index (χ0n) is 8.28. The molecule has 2 unspecified atom stereocenters. The van der Waals surface area contributed by atoms with Crippen LogP contribution < -0.4 is 10.6 Å². The Morgan fingerprint density at radius 1 is 1.23 bits per heavy atom. The summed E-state index contributed by atoms with van der Waals surface area (Å²) >= 11 is 0. The highest BCUT2D eigenvalue weighted by atomic mass is 19.1. The van der Waals surface area contributed by atoms with Gasteiger partial charge in [-0.3, -0.25) is 0 Å². The Hall–Kier alpha value is -0.150. The van der Waals surface area contributed by atoms with Gasteiger partial charge in [0.15, 0.2) is 0 Å². The van der Waals surface area contributed by atoms with Crippen molar-refractivity contribution < 1.29 is 4.39 Å². The molecular weight excluding hydrogens is 167 g/mol. The number of rotatable bonds is 1. The first-order chi connectivity index (χ1) is 6.20. The number of nitrogens with one attached hydrogen (secondary N) is 2. The number of piperidine rings is 1. The summed E-state index contributed by atoms with van der Waals surface area (Å²) in [5, 5.41) is 6.49. The highest BCUT2D eigenvalue weighted by molar-refractivity contribution is 4.96. The van der Waals surface area contributed by atoms with E-state index in [-0.39, 0.29) is 5.92 Å². The van der Waals surface area contributed by atoms with Crippen LogP contribution in [0.4, 0.5) is 4.39 Å². The average Bonchev–Trinajstić information content (AvgIpc) is 2.47. The van der Waals surface area contributed by atoms with Gasteiger partial charge in [0.05, 0.1) is 0 Å². The number of hydrogen-bond donors (Lipinski definition) is 2. The molecule has 0 aromatic heterocycles. The predicted molar refractivity (Wildman–Crippen MR) is 51.5 cm³/mol. The Morgan fingerprint density at radius 3 is 2.46 bits per heavy atom. The second-order valence-corrected chi connectivity index (χ2v) is 4.60. The first-order valence-corrected chi connectivity index (χ1v) is 5.30. The van der Waals surface area contributed by atoms with Crippen molar-refractivity contribution >= 4 is 0 Å². The molecule has 76 valence electrons. The van der Waals surface area contributed by atoms with Crippen LogP contribution in [0.15, 0.2) is 0 Å². The SMILES string of the molecule is CC1(F)CNCC1C1CCNCC1. The maximum atomic E-state index is 14.0. The van der Waals surface area contributed by atoms with Gasteiger partial charge in [0, 0.05) is 19.0 Å². The Labute approximate surface area is 79.3 Å². The van der Waals surface area contributed by atoms with Gasteiger partial charge < -0.3 is 10.6 Å². The molecule has 0 radical (unpaired) electrons. The zero-order valence-corrected chi connectivity index (χ0v) is 8.28. The van der Waals surface area contributed by atoms with Crippen molar-refractivity contribution in [3.8, 4) is 0 Å². The molecule has 0 aliphatic carbocycles. The van der Waals surface area contributed by atoms with Crippen LogP contribution in [0.25, 0.3) is 0 Å². The Kier molecular flexibility index (Phi) is 2.56. The molecular formula is C10H19FN2. The molecule has 2 rings (SSSR count). The second-order valence-electron chi connectivity index (χ2n) is 4.60. The molecule has 0 saturated carbocycles.